The summed E-state index contributed by atoms with van der Waals surface area (Å²) in [7, 11) is 0. The maximum absolute atomic E-state index is 6.26. The number of hydrogen-bond donors (Lipinski definition) is 2. The zero-order valence-electron chi connectivity index (χ0n) is 17.2. The lowest BCUT2D eigenvalue weighted by Crippen LogP contribution is -2.39. The van der Waals surface area contributed by atoms with Crippen molar-refractivity contribution in [1.29, 1.82) is 0 Å². The van der Waals surface area contributed by atoms with Gasteiger partial charge in [0, 0.05) is 25.7 Å². The summed E-state index contributed by atoms with van der Waals surface area (Å²) in [5.74, 6) is 3.98. The molecule has 0 aliphatic carbocycles. The van der Waals surface area contributed by atoms with Gasteiger partial charge in [0.15, 0.2) is 16.6 Å². The average molecular weight is 448 g/mol. The first-order valence-electron chi connectivity index (χ1n) is 10.2. The van der Waals surface area contributed by atoms with E-state index in [0.29, 0.717) is 47.8 Å². The normalized spacial score (nSPS) is 20.6. The van der Waals surface area contributed by atoms with Crippen molar-refractivity contribution in [3.8, 4) is 11.5 Å². The van der Waals surface area contributed by atoms with Gasteiger partial charge in [-0.1, -0.05) is 31.5 Å². The second-order valence-corrected chi connectivity index (χ2v) is 8.80. The van der Waals surface area contributed by atoms with Gasteiger partial charge in [0.05, 0.1) is 0 Å². The molecule has 3 heterocycles. The van der Waals surface area contributed by atoms with Crippen LogP contribution in [0.15, 0.2) is 24.3 Å². The standard InChI is InChI=1S/C21H26ClN5O2S/c1-13-7-14(2)12-27(11-13)19-9-18(22)24-20(25-19)26-21(30)23-10-15-3-4-16-17(8-15)29-6-5-28-16/h3-4,8-9,13-14H,5-7,10-12H2,1-2H3,(H2,23,24,25,26,30). The van der Waals surface area contributed by atoms with Crippen molar-refractivity contribution in [3.63, 3.8) is 0 Å². The molecule has 0 amide bonds. The van der Waals surface area contributed by atoms with E-state index in [1.165, 1.54) is 6.42 Å². The summed E-state index contributed by atoms with van der Waals surface area (Å²) < 4.78 is 11.2. The Morgan fingerprint density at radius 2 is 1.87 bits per heavy atom. The van der Waals surface area contributed by atoms with Gasteiger partial charge in [0.2, 0.25) is 5.95 Å². The zero-order chi connectivity index (χ0) is 21.1. The third-order valence-electron chi connectivity index (χ3n) is 5.16. The first-order chi connectivity index (χ1) is 14.5. The Kier molecular flexibility index (Phi) is 6.43. The van der Waals surface area contributed by atoms with E-state index < -0.39 is 0 Å². The Morgan fingerprint density at radius 3 is 2.63 bits per heavy atom. The molecule has 0 radical (unpaired) electrons. The SMILES string of the molecule is CC1CC(C)CN(c2cc(Cl)nc(NC(=S)NCc3ccc4c(c3)OCCO4)n2)C1. The van der Waals surface area contributed by atoms with Crippen molar-refractivity contribution in [1.82, 2.24) is 15.3 Å². The Balaban J connectivity index is 1.38. The van der Waals surface area contributed by atoms with Gasteiger partial charge >= 0.3 is 0 Å². The molecule has 0 saturated carbocycles. The van der Waals surface area contributed by atoms with Crippen LogP contribution >= 0.6 is 23.8 Å². The minimum atomic E-state index is 0.392. The number of nitrogens with zero attached hydrogens (tertiary/aromatic N) is 3. The van der Waals surface area contributed by atoms with E-state index in [-0.39, 0.29) is 0 Å². The predicted molar refractivity (Wildman–Crippen MR) is 123 cm³/mol. The lowest BCUT2D eigenvalue weighted by atomic mass is 9.92. The molecular weight excluding hydrogens is 422 g/mol. The van der Waals surface area contributed by atoms with E-state index in [2.05, 4.69) is 39.3 Å². The number of nitrogens with one attached hydrogen (secondary N) is 2. The predicted octanol–water partition coefficient (Wildman–Crippen LogP) is 3.87. The minimum absolute atomic E-state index is 0.392. The van der Waals surface area contributed by atoms with E-state index in [9.17, 15) is 0 Å². The summed E-state index contributed by atoms with van der Waals surface area (Å²) in [4.78, 5) is 11.2. The van der Waals surface area contributed by atoms with Crippen molar-refractivity contribution in [2.45, 2.75) is 26.8 Å². The molecular formula is C21H26ClN5O2S. The fourth-order valence-corrected chi connectivity index (χ4v) is 4.34. The average Bonchev–Trinajstić information content (AvgIpc) is 2.71. The summed E-state index contributed by atoms with van der Waals surface area (Å²) in [6, 6.07) is 7.66. The van der Waals surface area contributed by atoms with E-state index in [0.717, 1.165) is 36.0 Å². The molecule has 1 aromatic carbocycles. The van der Waals surface area contributed by atoms with Crippen molar-refractivity contribution in [3.05, 3.63) is 35.0 Å². The number of anilines is 2. The molecule has 160 valence electrons. The molecule has 1 saturated heterocycles. The fraction of sp³-hybridized carbons (Fsp3) is 0.476. The second-order valence-electron chi connectivity index (χ2n) is 8.01. The summed E-state index contributed by atoms with van der Waals surface area (Å²) in [6.07, 6.45) is 1.23. The highest BCUT2D eigenvalue weighted by Crippen LogP contribution is 2.31. The number of hydrogen-bond acceptors (Lipinski definition) is 6. The van der Waals surface area contributed by atoms with Crippen molar-refractivity contribution in [2.75, 3.05) is 36.5 Å². The van der Waals surface area contributed by atoms with Crippen LogP contribution in [0.3, 0.4) is 0 Å². The topological polar surface area (TPSA) is 71.5 Å². The molecule has 2 unspecified atom stereocenters. The lowest BCUT2D eigenvalue weighted by molar-refractivity contribution is 0.171. The number of aromatic nitrogens is 2. The van der Waals surface area contributed by atoms with E-state index in [4.69, 9.17) is 33.3 Å². The van der Waals surface area contributed by atoms with E-state index in [1.54, 1.807) is 0 Å². The van der Waals surface area contributed by atoms with Crippen LogP contribution in [0, 0.1) is 11.8 Å². The molecule has 2 aromatic rings. The van der Waals surface area contributed by atoms with Crippen LogP contribution in [-0.2, 0) is 6.54 Å². The first-order valence-corrected chi connectivity index (χ1v) is 11.0. The Bertz CT molecular complexity index is 918. The summed E-state index contributed by atoms with van der Waals surface area (Å²) in [6.45, 7) is 8.14. The maximum Gasteiger partial charge on any atom is 0.232 e. The largest absolute Gasteiger partial charge is 0.486 e. The van der Waals surface area contributed by atoms with Crippen LogP contribution < -0.4 is 25.0 Å². The third kappa shape index (κ3) is 5.23. The van der Waals surface area contributed by atoms with Crippen LogP contribution in [-0.4, -0.2) is 41.4 Å². The molecule has 2 aliphatic heterocycles. The van der Waals surface area contributed by atoms with Gasteiger partial charge in [-0.25, -0.2) is 4.98 Å². The van der Waals surface area contributed by atoms with E-state index in [1.807, 2.05) is 24.3 Å². The van der Waals surface area contributed by atoms with Crippen LogP contribution in [0.25, 0.3) is 0 Å². The molecule has 4 rings (SSSR count). The molecule has 1 fully saturated rings. The summed E-state index contributed by atoms with van der Waals surface area (Å²) in [5.41, 5.74) is 1.03. The maximum atomic E-state index is 6.26. The molecule has 30 heavy (non-hydrogen) atoms. The van der Waals surface area contributed by atoms with Crippen LogP contribution in [0.1, 0.15) is 25.8 Å². The van der Waals surface area contributed by atoms with Crippen LogP contribution in [0.2, 0.25) is 5.15 Å². The molecule has 7 nitrogen and oxygen atoms in total. The monoisotopic (exact) mass is 447 g/mol. The first kappa shape index (κ1) is 20.9. The highest BCUT2D eigenvalue weighted by atomic mass is 35.5. The Labute approximate surface area is 187 Å². The Hall–Kier alpha value is -2.32. The fourth-order valence-electron chi connectivity index (χ4n) is 4.00. The number of thiocarbonyl (C=S) groups is 1. The smallest absolute Gasteiger partial charge is 0.232 e. The lowest BCUT2D eigenvalue weighted by Gasteiger charge is -2.35. The van der Waals surface area contributed by atoms with Gasteiger partial charge in [-0.15, -0.1) is 0 Å². The van der Waals surface area contributed by atoms with Gasteiger partial charge < -0.3 is 25.0 Å². The molecule has 9 heteroatoms. The number of fused-ring (bicyclic) bond motifs is 1. The van der Waals surface area contributed by atoms with Gasteiger partial charge in [0.1, 0.15) is 24.2 Å². The minimum Gasteiger partial charge on any atom is -0.486 e. The van der Waals surface area contributed by atoms with Crippen molar-refractivity contribution < 1.29 is 9.47 Å². The summed E-state index contributed by atoms with van der Waals surface area (Å²) in [5, 5.41) is 7.04. The molecule has 2 N–H and O–H groups in total. The highest BCUT2D eigenvalue weighted by molar-refractivity contribution is 7.80. The van der Waals surface area contributed by atoms with Gasteiger partial charge in [-0.05, 0) is 48.2 Å². The van der Waals surface area contributed by atoms with Crippen molar-refractivity contribution >= 4 is 40.7 Å². The van der Waals surface area contributed by atoms with Crippen molar-refractivity contribution in [2.24, 2.45) is 11.8 Å². The van der Waals surface area contributed by atoms with Gasteiger partial charge in [0.25, 0.3) is 0 Å². The number of rotatable bonds is 4. The van der Waals surface area contributed by atoms with Crippen LogP contribution in [0.5, 0.6) is 11.5 Å². The van der Waals surface area contributed by atoms with Crippen LogP contribution in [0.4, 0.5) is 11.8 Å². The number of piperidine rings is 1. The molecule has 1 aromatic heterocycles. The summed E-state index contributed by atoms with van der Waals surface area (Å²) >= 11 is 11.7. The van der Waals surface area contributed by atoms with Gasteiger partial charge in [-0.3, -0.25) is 0 Å². The molecule has 0 bridgehead atoms. The van der Waals surface area contributed by atoms with E-state index >= 15 is 0 Å². The zero-order valence-corrected chi connectivity index (χ0v) is 18.7. The highest BCUT2D eigenvalue weighted by Gasteiger charge is 2.23. The number of halogens is 1. The second kappa shape index (κ2) is 9.22. The Morgan fingerprint density at radius 1 is 1.13 bits per heavy atom. The van der Waals surface area contributed by atoms with Gasteiger partial charge in [-0.2, -0.15) is 4.98 Å². The number of ether oxygens (including phenoxy) is 2. The number of benzene rings is 1. The third-order valence-corrected chi connectivity index (χ3v) is 5.60. The molecule has 0 spiro atoms. The quantitative estimate of drug-likeness (QED) is 0.540. The molecule has 2 atom stereocenters. The molecule has 2 aliphatic rings.